The molecule has 0 spiro atoms. The maximum Gasteiger partial charge on any atom is 0.325 e. The van der Waals surface area contributed by atoms with Crippen molar-refractivity contribution in [3.8, 4) is 0 Å². The molecule has 0 N–H and O–H groups in total. The number of nitrogens with zero attached hydrogens (tertiary/aromatic N) is 1. The molecule has 26 valence electrons. The van der Waals surface area contributed by atoms with E-state index in [1.165, 1.54) is 0 Å². The van der Waals surface area contributed by atoms with E-state index in [1.807, 2.05) is 0 Å². The van der Waals surface area contributed by atoms with Crippen molar-refractivity contribution in [1.82, 2.24) is 0 Å². The number of hydrogen-bond acceptors (Lipinski definition) is 3. The largest absolute Gasteiger partial charge is 0.325 e. The summed E-state index contributed by atoms with van der Waals surface area (Å²) < 4.78 is 0. The highest BCUT2D eigenvalue weighted by atomic mass is 17.2. The second kappa shape index (κ2) is 1.03. The van der Waals surface area contributed by atoms with Crippen LogP contribution in [0.5, 0.6) is 0 Å². The van der Waals surface area contributed by atoms with Gasteiger partial charge in [0.05, 0.1) is 0 Å². The van der Waals surface area contributed by atoms with E-state index < -0.39 is 0 Å². The minimum Gasteiger partial charge on any atom is -0.322 e. The second-order valence-corrected chi connectivity index (χ2v) is 0.505. The topological polar surface area (TPSA) is 30.8 Å². The van der Waals surface area contributed by atoms with E-state index >= 15 is 0 Å². The van der Waals surface area contributed by atoms with Crippen LogP contribution < -0.4 is 0 Å². The number of aliphatic imine (C=N–C) groups is 1. The Hall–Kier alpha value is -0.570. The van der Waals surface area contributed by atoms with Gasteiger partial charge in [-0.25, -0.2) is 4.99 Å². The minimum atomic E-state index is 1.15. The van der Waals surface area contributed by atoms with Gasteiger partial charge < -0.3 is 4.89 Å². The molecule has 0 amide bonds. The predicted octanol–water partition coefficient (Wildman–Crippen LogP) is -0.0272. The van der Waals surface area contributed by atoms with Gasteiger partial charge in [-0.15, -0.1) is 4.89 Å². The Morgan fingerprint density at radius 2 is 2.80 bits per heavy atom. The molecule has 0 aromatic carbocycles. The highest BCUT2D eigenvalue weighted by molar-refractivity contribution is 5.46. The zero-order valence-electron chi connectivity index (χ0n) is 2.34. The first kappa shape index (κ1) is 2.66. The van der Waals surface area contributed by atoms with E-state index in [1.54, 1.807) is 0 Å². The van der Waals surface area contributed by atoms with Gasteiger partial charge in [-0.1, -0.05) is 0 Å². The monoisotopic (exact) mass is 71.0 g/mol. The van der Waals surface area contributed by atoms with Crippen LogP contribution in [0.1, 0.15) is 0 Å². The maximum atomic E-state index is 4.04. The summed E-state index contributed by atoms with van der Waals surface area (Å²) in [5, 5.41) is 0. The molecule has 0 bridgehead atoms. The lowest BCUT2D eigenvalue weighted by Crippen LogP contribution is -1.70. The third-order valence-corrected chi connectivity index (χ3v) is 0.234. The number of rotatable bonds is 0. The minimum absolute atomic E-state index is 1.15. The van der Waals surface area contributed by atoms with Crippen LogP contribution in [0.3, 0.4) is 0 Å². The lowest BCUT2D eigenvalue weighted by Gasteiger charge is -1.74. The highest BCUT2D eigenvalue weighted by Gasteiger charge is 1.89. The SMILES string of the molecule is [C]1N=COO1. The molecular formula is C2HNO2. The molecule has 0 aromatic heterocycles. The summed E-state index contributed by atoms with van der Waals surface area (Å²) in [6, 6.07) is 0. The van der Waals surface area contributed by atoms with Crippen LogP contribution in [0.15, 0.2) is 4.99 Å². The number of hydrogen-bond donors (Lipinski definition) is 0. The molecule has 3 heteroatoms. The molecule has 0 saturated carbocycles. The van der Waals surface area contributed by atoms with E-state index in [9.17, 15) is 0 Å². The van der Waals surface area contributed by atoms with Crippen molar-refractivity contribution in [3.05, 3.63) is 6.73 Å². The molecular weight excluding hydrogens is 70.0 g/mol. The fraction of sp³-hybridized carbons (Fsp3) is 0. The Morgan fingerprint density at radius 3 is 3.00 bits per heavy atom. The van der Waals surface area contributed by atoms with Crippen LogP contribution in [-0.4, -0.2) is 6.40 Å². The summed E-state index contributed by atoms with van der Waals surface area (Å²) in [7, 11) is 0. The van der Waals surface area contributed by atoms with Crippen LogP contribution >= 0.6 is 0 Å². The van der Waals surface area contributed by atoms with Crippen molar-refractivity contribution in [3.63, 3.8) is 0 Å². The first-order valence-electron chi connectivity index (χ1n) is 1.09. The fourth-order valence-electron chi connectivity index (χ4n) is 0.108. The van der Waals surface area contributed by atoms with E-state index in [-0.39, 0.29) is 0 Å². The standard InChI is InChI=1S/C2HNO2/c1-3-2-5-4-1/h1H. The van der Waals surface area contributed by atoms with Gasteiger partial charge in [0.15, 0.2) is 0 Å². The van der Waals surface area contributed by atoms with Gasteiger partial charge in [-0.3, -0.25) is 0 Å². The van der Waals surface area contributed by atoms with Gasteiger partial charge in [0.2, 0.25) is 6.40 Å². The third kappa shape index (κ3) is 0.357. The molecule has 0 fully saturated rings. The lowest BCUT2D eigenvalue weighted by molar-refractivity contribution is -0.166. The van der Waals surface area contributed by atoms with Gasteiger partial charge in [-0.2, -0.15) is 0 Å². The van der Waals surface area contributed by atoms with E-state index in [0.717, 1.165) is 6.40 Å². The van der Waals surface area contributed by atoms with Gasteiger partial charge in [-0.05, 0) is 0 Å². The first-order valence-corrected chi connectivity index (χ1v) is 1.09. The smallest absolute Gasteiger partial charge is 0.322 e. The third-order valence-electron chi connectivity index (χ3n) is 0.234. The van der Waals surface area contributed by atoms with Crippen LogP contribution in [0, 0.1) is 6.73 Å². The lowest BCUT2D eigenvalue weighted by atomic mass is 11.3. The van der Waals surface area contributed by atoms with Crippen molar-refractivity contribution in [1.29, 1.82) is 0 Å². The van der Waals surface area contributed by atoms with Crippen molar-refractivity contribution >= 4 is 6.40 Å². The van der Waals surface area contributed by atoms with Crippen molar-refractivity contribution in [2.75, 3.05) is 0 Å². The summed E-state index contributed by atoms with van der Waals surface area (Å²) in [5.41, 5.74) is 0. The Bertz CT molecular complexity index is 45.6. The summed E-state index contributed by atoms with van der Waals surface area (Å²) >= 11 is 0. The van der Waals surface area contributed by atoms with Gasteiger partial charge >= 0.3 is 6.73 Å². The first-order chi connectivity index (χ1) is 2.50. The zero-order valence-corrected chi connectivity index (χ0v) is 2.34. The quantitative estimate of drug-likeness (QED) is 0.375. The van der Waals surface area contributed by atoms with Gasteiger partial charge in [0, 0.05) is 0 Å². The molecule has 0 aliphatic carbocycles. The fourth-order valence-corrected chi connectivity index (χ4v) is 0.108. The Kier molecular flexibility index (Phi) is 0.548. The van der Waals surface area contributed by atoms with Gasteiger partial charge in [0.25, 0.3) is 0 Å². The second-order valence-electron chi connectivity index (χ2n) is 0.505. The molecule has 1 aliphatic heterocycles. The Balaban J connectivity index is 2.32. The predicted molar refractivity (Wildman–Crippen MR) is 13.9 cm³/mol. The van der Waals surface area contributed by atoms with E-state index in [0.29, 0.717) is 0 Å². The van der Waals surface area contributed by atoms with Crippen LogP contribution in [0.2, 0.25) is 0 Å². The van der Waals surface area contributed by atoms with E-state index in [4.69, 9.17) is 0 Å². The molecule has 2 radical (unpaired) electrons. The molecule has 5 heavy (non-hydrogen) atoms. The van der Waals surface area contributed by atoms with Gasteiger partial charge in [0.1, 0.15) is 0 Å². The summed E-state index contributed by atoms with van der Waals surface area (Å²) in [4.78, 5) is 11.3. The molecule has 1 aliphatic rings. The average molecular weight is 71.0 g/mol. The molecule has 0 saturated heterocycles. The van der Waals surface area contributed by atoms with Crippen LogP contribution in [-0.2, 0) is 9.78 Å². The Morgan fingerprint density at radius 1 is 1.80 bits per heavy atom. The maximum absolute atomic E-state index is 4.04. The zero-order chi connectivity index (χ0) is 3.54. The van der Waals surface area contributed by atoms with Crippen molar-refractivity contribution < 1.29 is 9.78 Å². The average Bonchev–Trinajstić information content (AvgIpc) is 1.76. The summed E-state index contributed by atoms with van der Waals surface area (Å²) in [5.74, 6) is 0. The van der Waals surface area contributed by atoms with Crippen LogP contribution in [0.25, 0.3) is 0 Å². The molecule has 1 heterocycles. The molecule has 0 unspecified atom stereocenters. The van der Waals surface area contributed by atoms with Crippen molar-refractivity contribution in [2.45, 2.75) is 0 Å². The summed E-state index contributed by atoms with van der Waals surface area (Å²) in [6.07, 6.45) is 1.15. The summed E-state index contributed by atoms with van der Waals surface area (Å²) in [6.45, 7) is 2.07. The molecule has 1 rings (SSSR count). The van der Waals surface area contributed by atoms with Crippen LogP contribution in [0.4, 0.5) is 0 Å². The molecule has 0 aromatic rings. The normalized spacial score (nSPS) is 19.2. The van der Waals surface area contributed by atoms with E-state index in [2.05, 4.69) is 21.5 Å². The molecule has 3 nitrogen and oxygen atoms in total. The highest BCUT2D eigenvalue weighted by Crippen LogP contribution is 1.88. The Labute approximate surface area is 29.2 Å². The van der Waals surface area contributed by atoms with Crippen molar-refractivity contribution in [2.24, 2.45) is 4.99 Å². The molecule has 0 atom stereocenters.